The van der Waals surface area contributed by atoms with Crippen LogP contribution in [-0.4, -0.2) is 18.3 Å². The Morgan fingerprint density at radius 3 is 2.24 bits per heavy atom. The van der Waals surface area contributed by atoms with Crippen molar-refractivity contribution in [2.75, 3.05) is 7.11 Å². The molecule has 1 rings (SSSR count). The Morgan fingerprint density at radius 1 is 1.14 bits per heavy atom. The number of nitrogens with two attached hydrogens (primary N) is 1. The van der Waals surface area contributed by atoms with Crippen LogP contribution in [0.1, 0.15) is 63.6 Å². The molecule has 0 saturated carbocycles. The number of hydrogen-bond donors (Lipinski definition) is 2. The van der Waals surface area contributed by atoms with Crippen molar-refractivity contribution in [2.24, 2.45) is 11.7 Å². The molecule has 0 aromatic heterocycles. The first-order valence-electron chi connectivity index (χ1n) is 7.48. The SMILES string of the molecule is COc1ccc(C(C)C)cc1[C@@H](N)[C@@H](O)CCC(C)C.Cl. The van der Waals surface area contributed by atoms with Crippen molar-refractivity contribution in [1.82, 2.24) is 0 Å². The largest absolute Gasteiger partial charge is 0.496 e. The second-order valence-corrected chi connectivity index (χ2v) is 6.22. The van der Waals surface area contributed by atoms with E-state index in [2.05, 4.69) is 39.8 Å². The summed E-state index contributed by atoms with van der Waals surface area (Å²) in [4.78, 5) is 0. The maximum Gasteiger partial charge on any atom is 0.123 e. The molecule has 0 saturated heterocycles. The van der Waals surface area contributed by atoms with Crippen LogP contribution in [0.25, 0.3) is 0 Å². The van der Waals surface area contributed by atoms with Gasteiger partial charge in [0.2, 0.25) is 0 Å². The smallest absolute Gasteiger partial charge is 0.123 e. The molecule has 122 valence electrons. The molecule has 0 fully saturated rings. The highest BCUT2D eigenvalue weighted by Gasteiger charge is 2.21. The topological polar surface area (TPSA) is 55.5 Å². The third-order valence-electron chi connectivity index (χ3n) is 3.73. The summed E-state index contributed by atoms with van der Waals surface area (Å²) in [7, 11) is 1.64. The maximum absolute atomic E-state index is 10.3. The monoisotopic (exact) mass is 315 g/mol. The van der Waals surface area contributed by atoms with Gasteiger partial charge < -0.3 is 15.6 Å². The molecule has 0 amide bonds. The number of benzene rings is 1. The molecular formula is C17H30ClNO2. The first kappa shape index (κ1) is 20.2. The van der Waals surface area contributed by atoms with Crippen LogP contribution in [0, 0.1) is 5.92 Å². The summed E-state index contributed by atoms with van der Waals surface area (Å²) >= 11 is 0. The van der Waals surface area contributed by atoms with Gasteiger partial charge >= 0.3 is 0 Å². The summed E-state index contributed by atoms with van der Waals surface area (Å²) in [5.41, 5.74) is 8.35. The Labute approximate surface area is 135 Å². The molecule has 3 N–H and O–H groups in total. The van der Waals surface area contributed by atoms with Gasteiger partial charge in [-0.1, -0.05) is 39.8 Å². The van der Waals surface area contributed by atoms with Gasteiger partial charge in [-0.3, -0.25) is 0 Å². The van der Waals surface area contributed by atoms with Crippen LogP contribution in [0.4, 0.5) is 0 Å². The van der Waals surface area contributed by atoms with E-state index >= 15 is 0 Å². The molecule has 0 aliphatic heterocycles. The molecule has 21 heavy (non-hydrogen) atoms. The van der Waals surface area contributed by atoms with Gasteiger partial charge in [0.05, 0.1) is 19.3 Å². The van der Waals surface area contributed by atoms with E-state index in [1.54, 1.807) is 7.11 Å². The zero-order chi connectivity index (χ0) is 15.3. The van der Waals surface area contributed by atoms with Gasteiger partial charge in [0.1, 0.15) is 5.75 Å². The summed E-state index contributed by atoms with van der Waals surface area (Å²) in [6.07, 6.45) is 1.16. The molecule has 0 aliphatic carbocycles. The van der Waals surface area contributed by atoms with E-state index in [9.17, 15) is 5.11 Å². The zero-order valence-corrected chi connectivity index (χ0v) is 14.6. The molecule has 0 spiro atoms. The van der Waals surface area contributed by atoms with Crippen molar-refractivity contribution in [3.05, 3.63) is 29.3 Å². The number of aliphatic hydroxyl groups excluding tert-OH is 1. The lowest BCUT2D eigenvalue weighted by atomic mass is 9.92. The number of halogens is 1. The van der Waals surface area contributed by atoms with Crippen LogP contribution < -0.4 is 10.5 Å². The molecule has 0 unspecified atom stereocenters. The minimum Gasteiger partial charge on any atom is -0.496 e. The van der Waals surface area contributed by atoms with Gasteiger partial charge in [0, 0.05) is 5.56 Å². The Kier molecular flexibility index (Phi) is 8.95. The van der Waals surface area contributed by atoms with E-state index in [1.807, 2.05) is 6.07 Å². The fourth-order valence-electron chi connectivity index (χ4n) is 2.26. The zero-order valence-electron chi connectivity index (χ0n) is 13.8. The van der Waals surface area contributed by atoms with Gasteiger partial charge in [-0.25, -0.2) is 0 Å². The highest BCUT2D eigenvalue weighted by Crippen LogP contribution is 2.30. The minimum absolute atomic E-state index is 0. The first-order valence-corrected chi connectivity index (χ1v) is 7.48. The predicted molar refractivity (Wildman–Crippen MR) is 91.3 cm³/mol. The highest BCUT2D eigenvalue weighted by molar-refractivity contribution is 5.85. The average molecular weight is 316 g/mol. The van der Waals surface area contributed by atoms with Crippen molar-refractivity contribution in [3.63, 3.8) is 0 Å². The summed E-state index contributed by atoms with van der Waals surface area (Å²) in [6.45, 7) is 8.59. The third kappa shape index (κ3) is 5.85. The van der Waals surface area contributed by atoms with Gasteiger partial charge in [0.25, 0.3) is 0 Å². The van der Waals surface area contributed by atoms with Crippen LogP contribution in [0.15, 0.2) is 18.2 Å². The molecule has 0 heterocycles. The molecular weight excluding hydrogens is 286 g/mol. The van der Waals surface area contributed by atoms with E-state index in [-0.39, 0.29) is 12.4 Å². The third-order valence-corrected chi connectivity index (χ3v) is 3.73. The lowest BCUT2D eigenvalue weighted by Gasteiger charge is -2.23. The maximum atomic E-state index is 10.3. The molecule has 3 nitrogen and oxygen atoms in total. The predicted octanol–water partition coefficient (Wildman–Crippen LogP) is 4.04. The summed E-state index contributed by atoms with van der Waals surface area (Å²) in [5.74, 6) is 1.76. The summed E-state index contributed by atoms with van der Waals surface area (Å²) in [6, 6.07) is 5.66. The number of hydrogen-bond acceptors (Lipinski definition) is 3. The van der Waals surface area contributed by atoms with Crippen LogP contribution in [0.5, 0.6) is 5.75 Å². The van der Waals surface area contributed by atoms with Gasteiger partial charge in [-0.15, -0.1) is 12.4 Å². The normalized spacial score (nSPS) is 14.0. The van der Waals surface area contributed by atoms with Crippen molar-refractivity contribution in [3.8, 4) is 5.75 Å². The fraction of sp³-hybridized carbons (Fsp3) is 0.647. The van der Waals surface area contributed by atoms with Gasteiger partial charge in [-0.05, 0) is 36.3 Å². The Hall–Kier alpha value is -0.770. The van der Waals surface area contributed by atoms with Crippen LogP contribution in [0.2, 0.25) is 0 Å². The van der Waals surface area contributed by atoms with Crippen molar-refractivity contribution in [2.45, 2.75) is 58.6 Å². The second-order valence-electron chi connectivity index (χ2n) is 6.22. The quantitative estimate of drug-likeness (QED) is 0.798. The van der Waals surface area contributed by atoms with Crippen LogP contribution in [0.3, 0.4) is 0 Å². The number of ether oxygens (including phenoxy) is 1. The lowest BCUT2D eigenvalue weighted by molar-refractivity contribution is 0.127. The first-order chi connectivity index (χ1) is 9.36. The highest BCUT2D eigenvalue weighted by atomic mass is 35.5. The Bertz CT molecular complexity index is 421. The van der Waals surface area contributed by atoms with E-state index in [4.69, 9.17) is 10.5 Å². The molecule has 2 atom stereocenters. The molecule has 1 aromatic carbocycles. The van der Waals surface area contributed by atoms with Crippen molar-refractivity contribution in [1.29, 1.82) is 0 Å². The number of methoxy groups -OCH3 is 1. The van der Waals surface area contributed by atoms with E-state index in [0.29, 0.717) is 18.3 Å². The Balaban J connectivity index is 0.00000400. The molecule has 0 radical (unpaired) electrons. The van der Waals surface area contributed by atoms with Crippen molar-refractivity contribution >= 4 is 12.4 Å². The number of aliphatic hydroxyl groups is 1. The average Bonchev–Trinajstić information content (AvgIpc) is 2.42. The summed E-state index contributed by atoms with van der Waals surface area (Å²) in [5, 5.41) is 10.3. The van der Waals surface area contributed by atoms with Crippen LogP contribution >= 0.6 is 12.4 Å². The molecule has 0 aliphatic rings. The molecule has 4 heteroatoms. The van der Waals surface area contributed by atoms with Gasteiger partial charge in [0.15, 0.2) is 0 Å². The second kappa shape index (κ2) is 9.29. The standard InChI is InChI=1S/C17H29NO2.ClH/c1-11(2)6-8-15(19)17(18)14-10-13(12(3)4)7-9-16(14)20-5;/h7,9-12,15,17,19H,6,8,18H2,1-5H3;1H/t15-,17+;/m0./s1. The summed E-state index contributed by atoms with van der Waals surface area (Å²) < 4.78 is 5.39. The van der Waals surface area contributed by atoms with E-state index in [1.165, 1.54) is 5.56 Å². The lowest BCUT2D eigenvalue weighted by Crippen LogP contribution is -2.27. The van der Waals surface area contributed by atoms with E-state index in [0.717, 1.165) is 17.7 Å². The number of rotatable bonds is 7. The Morgan fingerprint density at radius 2 is 1.76 bits per heavy atom. The van der Waals surface area contributed by atoms with Crippen molar-refractivity contribution < 1.29 is 9.84 Å². The van der Waals surface area contributed by atoms with Crippen LogP contribution in [-0.2, 0) is 0 Å². The van der Waals surface area contributed by atoms with Gasteiger partial charge in [-0.2, -0.15) is 0 Å². The van der Waals surface area contributed by atoms with E-state index < -0.39 is 12.1 Å². The molecule has 0 bridgehead atoms. The fourth-order valence-corrected chi connectivity index (χ4v) is 2.26. The molecule has 1 aromatic rings. The minimum atomic E-state index is -0.534.